The van der Waals surface area contributed by atoms with Crippen LogP contribution in [-0.2, 0) is 11.3 Å². The van der Waals surface area contributed by atoms with Gasteiger partial charge in [0, 0.05) is 29.0 Å². The summed E-state index contributed by atoms with van der Waals surface area (Å²) in [6.45, 7) is 6.52. The van der Waals surface area contributed by atoms with E-state index in [-0.39, 0.29) is 11.7 Å². The number of carbonyl (C=O) groups excluding carboxylic acids is 1. The van der Waals surface area contributed by atoms with Crippen molar-refractivity contribution in [1.29, 1.82) is 0 Å². The zero-order valence-electron chi connectivity index (χ0n) is 14.7. The lowest BCUT2D eigenvalue weighted by molar-refractivity contribution is -0.113. The standard InChI is InChI=1S/C19H18BrN5OS/c1-13(2)11-25-18(14-7-9-21-10-8-14)23-24-19(25)27-12-17(26)22-16-6-4-3-5-15(16)20/h3-10H,1,11-12H2,2H3,(H,22,26). The van der Waals surface area contributed by atoms with Crippen LogP contribution in [0.25, 0.3) is 11.4 Å². The van der Waals surface area contributed by atoms with Crippen molar-refractivity contribution in [3.05, 3.63) is 65.4 Å². The molecule has 0 atom stereocenters. The Morgan fingerprint density at radius 3 is 2.67 bits per heavy atom. The van der Waals surface area contributed by atoms with Crippen molar-refractivity contribution in [2.45, 2.75) is 18.6 Å². The summed E-state index contributed by atoms with van der Waals surface area (Å²) in [6, 6.07) is 11.3. The zero-order valence-corrected chi connectivity index (χ0v) is 17.1. The molecule has 3 rings (SSSR count). The first-order valence-electron chi connectivity index (χ1n) is 8.19. The maximum absolute atomic E-state index is 12.3. The van der Waals surface area contributed by atoms with Gasteiger partial charge >= 0.3 is 0 Å². The third-order valence-electron chi connectivity index (χ3n) is 3.56. The second-order valence-electron chi connectivity index (χ2n) is 5.90. The molecule has 0 aliphatic rings. The molecule has 8 heteroatoms. The minimum absolute atomic E-state index is 0.109. The molecule has 138 valence electrons. The minimum atomic E-state index is -0.109. The van der Waals surface area contributed by atoms with E-state index >= 15 is 0 Å². The number of nitrogens with one attached hydrogen (secondary N) is 1. The van der Waals surface area contributed by atoms with Gasteiger partial charge in [-0.1, -0.05) is 36.0 Å². The Morgan fingerprint density at radius 1 is 1.22 bits per heavy atom. The summed E-state index contributed by atoms with van der Waals surface area (Å²) in [6.07, 6.45) is 3.43. The fraction of sp³-hybridized carbons (Fsp3) is 0.158. The van der Waals surface area contributed by atoms with Gasteiger partial charge in [0.2, 0.25) is 5.91 Å². The molecule has 0 saturated carbocycles. The molecule has 1 amide bonds. The molecule has 0 aliphatic carbocycles. The summed E-state index contributed by atoms with van der Waals surface area (Å²) in [4.78, 5) is 16.4. The molecule has 1 aromatic carbocycles. The van der Waals surface area contributed by atoms with Crippen LogP contribution in [0.2, 0.25) is 0 Å². The Morgan fingerprint density at radius 2 is 1.96 bits per heavy atom. The van der Waals surface area contributed by atoms with E-state index in [1.807, 2.05) is 47.9 Å². The number of thioether (sulfide) groups is 1. The lowest BCUT2D eigenvalue weighted by Crippen LogP contribution is -2.15. The number of hydrogen-bond donors (Lipinski definition) is 1. The summed E-state index contributed by atoms with van der Waals surface area (Å²) >= 11 is 4.77. The Hall–Kier alpha value is -2.45. The van der Waals surface area contributed by atoms with E-state index in [1.165, 1.54) is 11.8 Å². The van der Waals surface area contributed by atoms with Gasteiger partial charge in [-0.3, -0.25) is 14.3 Å². The predicted octanol–water partition coefficient (Wildman–Crippen LogP) is 4.41. The number of anilines is 1. The number of amides is 1. The van der Waals surface area contributed by atoms with Crippen molar-refractivity contribution in [2.75, 3.05) is 11.1 Å². The van der Waals surface area contributed by atoms with Gasteiger partial charge in [-0.05, 0) is 47.1 Å². The van der Waals surface area contributed by atoms with Crippen LogP contribution in [0.4, 0.5) is 5.69 Å². The number of nitrogens with zero attached hydrogens (tertiary/aromatic N) is 4. The van der Waals surface area contributed by atoms with Gasteiger partial charge in [0.15, 0.2) is 11.0 Å². The van der Waals surface area contributed by atoms with Crippen LogP contribution < -0.4 is 5.32 Å². The molecule has 0 fully saturated rings. The maximum Gasteiger partial charge on any atom is 0.234 e. The van der Waals surface area contributed by atoms with E-state index < -0.39 is 0 Å². The molecule has 27 heavy (non-hydrogen) atoms. The molecule has 0 radical (unpaired) electrons. The number of halogens is 1. The van der Waals surface area contributed by atoms with Gasteiger partial charge in [-0.15, -0.1) is 10.2 Å². The number of allylic oxidation sites excluding steroid dienone is 1. The summed E-state index contributed by atoms with van der Waals surface area (Å²) in [5.74, 6) is 0.850. The largest absolute Gasteiger partial charge is 0.324 e. The number of aromatic nitrogens is 4. The molecule has 0 spiro atoms. The van der Waals surface area contributed by atoms with E-state index in [0.717, 1.165) is 27.1 Å². The minimum Gasteiger partial charge on any atom is -0.324 e. The SMILES string of the molecule is C=C(C)Cn1c(SCC(=O)Nc2ccccc2Br)nnc1-c1ccncc1. The molecule has 6 nitrogen and oxygen atoms in total. The van der Waals surface area contributed by atoms with Gasteiger partial charge in [0.05, 0.1) is 11.4 Å². The van der Waals surface area contributed by atoms with Gasteiger partial charge in [-0.25, -0.2) is 0 Å². The normalized spacial score (nSPS) is 10.6. The third-order valence-corrected chi connectivity index (χ3v) is 5.22. The molecule has 0 bridgehead atoms. The first-order valence-corrected chi connectivity index (χ1v) is 9.97. The molecule has 3 aromatic rings. The topological polar surface area (TPSA) is 72.7 Å². The van der Waals surface area contributed by atoms with Crippen LogP contribution in [0.15, 0.2) is 70.6 Å². The maximum atomic E-state index is 12.3. The van der Waals surface area contributed by atoms with E-state index in [0.29, 0.717) is 11.7 Å². The Labute approximate surface area is 170 Å². The highest BCUT2D eigenvalue weighted by Gasteiger charge is 2.16. The number of hydrogen-bond acceptors (Lipinski definition) is 5. The summed E-state index contributed by atoms with van der Waals surface area (Å²) in [7, 11) is 0. The van der Waals surface area contributed by atoms with Crippen molar-refractivity contribution in [3.8, 4) is 11.4 Å². The Balaban J connectivity index is 1.74. The molecular weight excluding hydrogens is 426 g/mol. The number of pyridine rings is 1. The van der Waals surface area contributed by atoms with Crippen LogP contribution in [0.3, 0.4) is 0 Å². The fourth-order valence-corrected chi connectivity index (χ4v) is 3.52. The van der Waals surface area contributed by atoms with Crippen molar-refractivity contribution in [1.82, 2.24) is 19.7 Å². The second kappa shape index (κ2) is 8.96. The molecule has 0 unspecified atom stereocenters. The monoisotopic (exact) mass is 443 g/mol. The number of rotatable bonds is 7. The summed E-state index contributed by atoms with van der Waals surface area (Å²) in [5.41, 5.74) is 2.64. The first kappa shape index (κ1) is 19.3. The lowest BCUT2D eigenvalue weighted by Gasteiger charge is -2.10. The fourth-order valence-electron chi connectivity index (χ4n) is 2.40. The molecule has 0 aliphatic heterocycles. The summed E-state index contributed by atoms with van der Waals surface area (Å²) < 4.78 is 2.81. The zero-order chi connectivity index (χ0) is 19.2. The van der Waals surface area contributed by atoms with E-state index in [1.54, 1.807) is 12.4 Å². The highest BCUT2D eigenvalue weighted by Crippen LogP contribution is 2.25. The van der Waals surface area contributed by atoms with Crippen molar-refractivity contribution in [3.63, 3.8) is 0 Å². The number of benzene rings is 1. The Kier molecular flexibility index (Phi) is 6.41. The number of para-hydroxylation sites is 1. The van der Waals surface area contributed by atoms with Crippen molar-refractivity contribution >= 4 is 39.3 Å². The highest BCUT2D eigenvalue weighted by molar-refractivity contribution is 9.10. The quantitative estimate of drug-likeness (QED) is 0.432. The van der Waals surface area contributed by atoms with Gasteiger partial charge < -0.3 is 5.32 Å². The molecule has 2 heterocycles. The van der Waals surface area contributed by atoms with Gasteiger partial charge in [-0.2, -0.15) is 0 Å². The van der Waals surface area contributed by atoms with E-state index in [2.05, 4.69) is 43.0 Å². The lowest BCUT2D eigenvalue weighted by atomic mass is 10.2. The van der Waals surface area contributed by atoms with Crippen LogP contribution in [0.5, 0.6) is 0 Å². The third kappa shape index (κ3) is 5.05. The first-order chi connectivity index (χ1) is 13.0. The second-order valence-corrected chi connectivity index (χ2v) is 7.70. The van der Waals surface area contributed by atoms with Crippen LogP contribution in [-0.4, -0.2) is 31.4 Å². The summed E-state index contributed by atoms with van der Waals surface area (Å²) in [5, 5.41) is 12.1. The highest BCUT2D eigenvalue weighted by atomic mass is 79.9. The van der Waals surface area contributed by atoms with Crippen LogP contribution in [0.1, 0.15) is 6.92 Å². The molecule has 1 N–H and O–H groups in total. The van der Waals surface area contributed by atoms with Gasteiger partial charge in [0.25, 0.3) is 0 Å². The smallest absolute Gasteiger partial charge is 0.234 e. The van der Waals surface area contributed by atoms with Crippen molar-refractivity contribution in [2.24, 2.45) is 0 Å². The van der Waals surface area contributed by atoms with E-state index in [4.69, 9.17) is 0 Å². The Bertz CT molecular complexity index is 958. The molecule has 2 aromatic heterocycles. The van der Waals surface area contributed by atoms with Gasteiger partial charge in [0.1, 0.15) is 0 Å². The van der Waals surface area contributed by atoms with Crippen molar-refractivity contribution < 1.29 is 4.79 Å². The predicted molar refractivity (Wildman–Crippen MR) is 112 cm³/mol. The average molecular weight is 444 g/mol. The molecular formula is C19H18BrN5OS. The van der Waals surface area contributed by atoms with E-state index in [9.17, 15) is 4.79 Å². The van der Waals surface area contributed by atoms with Crippen LogP contribution in [0, 0.1) is 0 Å². The van der Waals surface area contributed by atoms with Crippen LogP contribution >= 0.6 is 27.7 Å². The number of carbonyl (C=O) groups is 1. The molecule has 0 saturated heterocycles. The average Bonchev–Trinajstić information content (AvgIpc) is 3.04.